The molecule has 1 aromatic heterocycles. The van der Waals surface area contributed by atoms with Gasteiger partial charge in [0.1, 0.15) is 5.03 Å². The second-order valence-corrected chi connectivity index (χ2v) is 5.26. The van der Waals surface area contributed by atoms with Crippen LogP contribution in [-0.2, 0) is 12.8 Å². The maximum absolute atomic E-state index is 11.2. The monoisotopic (exact) mass is 269 g/mol. The summed E-state index contributed by atoms with van der Waals surface area (Å²) in [6.45, 7) is -0.333. The molecule has 1 aromatic rings. The molecule has 18 heavy (non-hydrogen) atoms. The van der Waals surface area contributed by atoms with Crippen LogP contribution >= 0.6 is 11.8 Å². The number of thioether (sulfide) groups is 1. The summed E-state index contributed by atoms with van der Waals surface area (Å²) >= 11 is 1.17. The number of aryl methyl sites for hydroxylation is 2. The lowest BCUT2D eigenvalue weighted by Gasteiger charge is -2.10. The summed E-state index contributed by atoms with van der Waals surface area (Å²) in [4.78, 5) is 15.5. The second-order valence-electron chi connectivity index (χ2n) is 4.25. The Kier molecular flexibility index (Phi) is 4.21. The van der Waals surface area contributed by atoms with Crippen LogP contribution in [0.1, 0.15) is 28.0 Å². The van der Waals surface area contributed by atoms with Crippen molar-refractivity contribution in [2.24, 2.45) is 0 Å². The van der Waals surface area contributed by atoms with Crippen molar-refractivity contribution in [3.63, 3.8) is 0 Å². The van der Waals surface area contributed by atoms with Crippen molar-refractivity contribution < 1.29 is 20.1 Å². The van der Waals surface area contributed by atoms with E-state index in [1.165, 1.54) is 11.8 Å². The summed E-state index contributed by atoms with van der Waals surface area (Å²) in [5, 5.41) is 27.6. The maximum Gasteiger partial charge on any atom is 0.338 e. The molecule has 0 aliphatic heterocycles. The minimum atomic E-state index is -1.00. The fourth-order valence-electron chi connectivity index (χ4n) is 1.94. The molecule has 0 saturated heterocycles. The van der Waals surface area contributed by atoms with Crippen LogP contribution in [0, 0.1) is 0 Å². The molecule has 3 N–H and O–H groups in total. The lowest BCUT2D eigenvalue weighted by Crippen LogP contribution is -2.15. The Morgan fingerprint density at radius 3 is 2.94 bits per heavy atom. The number of rotatable bonds is 5. The largest absolute Gasteiger partial charge is 0.478 e. The number of nitrogens with zero attached hydrogens (tertiary/aromatic N) is 1. The van der Waals surface area contributed by atoms with E-state index in [4.69, 9.17) is 10.2 Å². The molecule has 2 rings (SSSR count). The summed E-state index contributed by atoms with van der Waals surface area (Å²) in [6.07, 6.45) is 1.92. The van der Waals surface area contributed by atoms with Crippen molar-refractivity contribution in [2.75, 3.05) is 12.4 Å². The van der Waals surface area contributed by atoms with Crippen molar-refractivity contribution in [1.29, 1.82) is 0 Å². The molecule has 5 nitrogen and oxygen atoms in total. The number of carboxylic acid groups (broad SMARTS) is 1. The van der Waals surface area contributed by atoms with E-state index in [9.17, 15) is 9.90 Å². The molecule has 0 aromatic carbocycles. The standard InChI is InChI=1S/C12H15NO4S/c14-5-8(15)6-18-11-9(12(16)17)4-7-2-1-3-10(7)13-11/h4,8,14-15H,1-3,5-6H2,(H,16,17). The first-order valence-electron chi connectivity index (χ1n) is 5.79. The normalized spacial score (nSPS) is 15.4. The minimum absolute atomic E-state index is 0.186. The van der Waals surface area contributed by atoms with E-state index in [0.717, 1.165) is 30.5 Å². The number of hydrogen-bond acceptors (Lipinski definition) is 5. The van der Waals surface area contributed by atoms with Gasteiger partial charge in [0.2, 0.25) is 0 Å². The van der Waals surface area contributed by atoms with Gasteiger partial charge in [-0.05, 0) is 30.9 Å². The van der Waals surface area contributed by atoms with Gasteiger partial charge < -0.3 is 15.3 Å². The number of aliphatic hydroxyl groups excluding tert-OH is 2. The molecule has 0 radical (unpaired) electrons. The first-order valence-corrected chi connectivity index (χ1v) is 6.78. The van der Waals surface area contributed by atoms with Crippen molar-refractivity contribution >= 4 is 17.7 Å². The van der Waals surface area contributed by atoms with E-state index >= 15 is 0 Å². The number of aromatic carboxylic acids is 1. The highest BCUT2D eigenvalue weighted by Crippen LogP contribution is 2.28. The van der Waals surface area contributed by atoms with Crippen LogP contribution in [0.4, 0.5) is 0 Å². The summed E-state index contributed by atoms with van der Waals surface area (Å²) in [5.41, 5.74) is 2.16. The average Bonchev–Trinajstić information content (AvgIpc) is 2.81. The van der Waals surface area contributed by atoms with Crippen LogP contribution in [0.5, 0.6) is 0 Å². The lowest BCUT2D eigenvalue weighted by atomic mass is 10.1. The predicted molar refractivity (Wildman–Crippen MR) is 67.0 cm³/mol. The SMILES string of the molecule is O=C(O)c1cc2c(nc1SCC(O)CO)CCC2. The van der Waals surface area contributed by atoms with Crippen LogP contribution in [0.15, 0.2) is 11.1 Å². The van der Waals surface area contributed by atoms with Crippen LogP contribution in [0.2, 0.25) is 0 Å². The summed E-state index contributed by atoms with van der Waals surface area (Å²) in [7, 11) is 0. The van der Waals surface area contributed by atoms with E-state index < -0.39 is 12.1 Å². The minimum Gasteiger partial charge on any atom is -0.478 e. The highest BCUT2D eigenvalue weighted by atomic mass is 32.2. The first kappa shape index (κ1) is 13.3. The van der Waals surface area contributed by atoms with Gasteiger partial charge in [0.25, 0.3) is 0 Å². The second kappa shape index (κ2) is 5.69. The third kappa shape index (κ3) is 2.82. The quantitative estimate of drug-likeness (QED) is 0.682. The Morgan fingerprint density at radius 1 is 1.50 bits per heavy atom. The van der Waals surface area contributed by atoms with E-state index in [-0.39, 0.29) is 17.9 Å². The van der Waals surface area contributed by atoms with Gasteiger partial charge in [-0.15, -0.1) is 11.8 Å². The Morgan fingerprint density at radius 2 is 2.28 bits per heavy atom. The molecule has 98 valence electrons. The van der Waals surface area contributed by atoms with Crippen LogP contribution in [0.25, 0.3) is 0 Å². The Bertz CT molecular complexity index is 464. The van der Waals surface area contributed by atoms with Crippen LogP contribution < -0.4 is 0 Å². The van der Waals surface area contributed by atoms with Crippen molar-refractivity contribution in [3.05, 3.63) is 22.9 Å². The third-order valence-corrected chi connectivity index (χ3v) is 4.01. The molecule has 1 heterocycles. The summed E-state index contributed by atoms with van der Waals surface area (Å²) < 4.78 is 0. The number of hydrogen-bond donors (Lipinski definition) is 3. The topological polar surface area (TPSA) is 90.7 Å². The molecule has 1 unspecified atom stereocenters. The Labute approximate surface area is 109 Å². The first-order chi connectivity index (χ1) is 8.61. The van der Waals surface area contributed by atoms with Gasteiger partial charge in [0.05, 0.1) is 18.3 Å². The number of carboxylic acids is 1. The molecule has 0 fully saturated rings. The molecule has 1 aliphatic rings. The van der Waals surface area contributed by atoms with Gasteiger partial charge in [-0.25, -0.2) is 9.78 Å². The van der Waals surface area contributed by atoms with Crippen LogP contribution in [-0.4, -0.2) is 44.7 Å². The highest BCUT2D eigenvalue weighted by molar-refractivity contribution is 7.99. The lowest BCUT2D eigenvalue weighted by molar-refractivity contribution is 0.0692. The van der Waals surface area contributed by atoms with Gasteiger partial charge in [0, 0.05) is 11.4 Å². The van der Waals surface area contributed by atoms with Gasteiger partial charge in [-0.3, -0.25) is 0 Å². The number of aliphatic hydroxyl groups is 2. The summed E-state index contributed by atoms with van der Waals surface area (Å²) in [5.74, 6) is -0.763. The zero-order valence-electron chi connectivity index (χ0n) is 9.80. The average molecular weight is 269 g/mol. The van der Waals surface area contributed by atoms with E-state index in [0.29, 0.717) is 5.03 Å². The molecule has 1 aliphatic carbocycles. The predicted octanol–water partition coefficient (Wildman–Crippen LogP) is 0.714. The number of fused-ring (bicyclic) bond motifs is 1. The van der Waals surface area contributed by atoms with Crippen molar-refractivity contribution in [2.45, 2.75) is 30.4 Å². The zero-order valence-corrected chi connectivity index (χ0v) is 10.6. The van der Waals surface area contributed by atoms with E-state index in [2.05, 4.69) is 4.98 Å². The maximum atomic E-state index is 11.2. The zero-order chi connectivity index (χ0) is 13.1. The summed E-state index contributed by atoms with van der Waals surface area (Å²) in [6, 6.07) is 1.69. The van der Waals surface area contributed by atoms with Gasteiger partial charge in [-0.1, -0.05) is 0 Å². The molecular formula is C12H15NO4S. The fraction of sp³-hybridized carbons (Fsp3) is 0.500. The van der Waals surface area contributed by atoms with Gasteiger partial charge >= 0.3 is 5.97 Å². The smallest absolute Gasteiger partial charge is 0.338 e. The Hall–Kier alpha value is -1.11. The number of aromatic nitrogens is 1. The highest BCUT2D eigenvalue weighted by Gasteiger charge is 2.20. The Balaban J connectivity index is 2.24. The molecule has 0 amide bonds. The van der Waals surface area contributed by atoms with Gasteiger partial charge in [-0.2, -0.15) is 0 Å². The molecule has 1 atom stereocenters. The number of pyridine rings is 1. The van der Waals surface area contributed by atoms with E-state index in [1.807, 2.05) is 0 Å². The van der Waals surface area contributed by atoms with Crippen molar-refractivity contribution in [1.82, 2.24) is 4.98 Å². The van der Waals surface area contributed by atoms with E-state index in [1.54, 1.807) is 6.07 Å². The van der Waals surface area contributed by atoms with Crippen LogP contribution in [0.3, 0.4) is 0 Å². The third-order valence-electron chi connectivity index (χ3n) is 2.87. The van der Waals surface area contributed by atoms with Crippen molar-refractivity contribution in [3.8, 4) is 0 Å². The fourth-order valence-corrected chi connectivity index (χ4v) is 2.88. The number of carbonyl (C=O) groups is 1. The molecular weight excluding hydrogens is 254 g/mol. The molecule has 0 bridgehead atoms. The molecule has 6 heteroatoms. The molecule has 0 saturated carbocycles. The molecule has 0 spiro atoms. The van der Waals surface area contributed by atoms with Gasteiger partial charge in [0.15, 0.2) is 0 Å².